The number of nitrogen functional groups attached to an aromatic ring is 1. The Kier molecular flexibility index (Phi) is 6.58. The highest BCUT2D eigenvalue weighted by atomic mass is 32.2. The van der Waals surface area contributed by atoms with Crippen molar-refractivity contribution >= 4 is 28.3 Å². The van der Waals surface area contributed by atoms with E-state index in [0.717, 1.165) is 12.1 Å². The second kappa shape index (κ2) is 8.57. The monoisotopic (exact) mass is 425 g/mol. The quantitative estimate of drug-likeness (QED) is 0.707. The number of alkyl halides is 3. The fraction of sp³-hybridized carbons (Fsp3) is 0.333. The Morgan fingerprint density at radius 1 is 1.38 bits per heavy atom. The lowest BCUT2D eigenvalue weighted by atomic mass is 10.0. The van der Waals surface area contributed by atoms with Crippen molar-refractivity contribution in [1.29, 1.82) is 5.26 Å². The van der Waals surface area contributed by atoms with Gasteiger partial charge in [-0.25, -0.2) is 4.98 Å². The molecule has 7 nitrogen and oxygen atoms in total. The van der Waals surface area contributed by atoms with E-state index in [9.17, 15) is 27.4 Å². The molecule has 2 aromatic rings. The maximum atomic E-state index is 12.9. The van der Waals surface area contributed by atoms with Gasteiger partial charge in [0.1, 0.15) is 11.6 Å². The Labute approximate surface area is 167 Å². The standard InChI is InChI=1S/C18H18F3N5O2S/c1-10(14(27)8-11-5-4-6-12(7-11)18(19,20)21)26(2)15-13(9-22)16(29(3)28)25-17(23)24-15/h4-7,10H,8H2,1-3H3,(H2,23,24,25)/t10-,29?/m0/s1. The van der Waals surface area contributed by atoms with E-state index < -0.39 is 34.4 Å². The third kappa shape index (κ3) is 5.08. The van der Waals surface area contributed by atoms with Gasteiger partial charge in [0.25, 0.3) is 0 Å². The van der Waals surface area contributed by atoms with Crippen molar-refractivity contribution in [2.75, 3.05) is 23.9 Å². The van der Waals surface area contributed by atoms with Crippen LogP contribution in [0.3, 0.4) is 0 Å². The van der Waals surface area contributed by atoms with Crippen LogP contribution in [-0.2, 0) is 28.2 Å². The average molecular weight is 425 g/mol. The summed E-state index contributed by atoms with van der Waals surface area (Å²) in [5, 5.41) is 9.37. The number of benzene rings is 1. The van der Waals surface area contributed by atoms with Gasteiger partial charge in [0, 0.05) is 19.7 Å². The topological polar surface area (TPSA) is 113 Å². The van der Waals surface area contributed by atoms with Crippen LogP contribution in [0, 0.1) is 11.3 Å². The molecular formula is C18H18F3N5O2S. The molecule has 29 heavy (non-hydrogen) atoms. The summed E-state index contributed by atoms with van der Waals surface area (Å²) in [5.41, 5.74) is 4.92. The number of rotatable bonds is 6. The molecule has 1 unspecified atom stereocenters. The maximum absolute atomic E-state index is 12.9. The van der Waals surface area contributed by atoms with Crippen molar-refractivity contribution in [3.05, 3.63) is 41.0 Å². The van der Waals surface area contributed by atoms with Gasteiger partial charge >= 0.3 is 6.18 Å². The number of aromatic nitrogens is 2. The Balaban J connectivity index is 2.31. The minimum atomic E-state index is -4.51. The zero-order chi connectivity index (χ0) is 21.9. The van der Waals surface area contributed by atoms with Crippen molar-refractivity contribution in [2.24, 2.45) is 0 Å². The lowest BCUT2D eigenvalue weighted by molar-refractivity contribution is -0.137. The second-order valence-corrected chi connectivity index (χ2v) is 7.57. The summed E-state index contributed by atoms with van der Waals surface area (Å²) in [7, 11) is -0.130. The number of carbonyl (C=O) groups excluding carboxylic acids is 1. The summed E-state index contributed by atoms with van der Waals surface area (Å²) in [6, 6.07) is 5.55. The number of nitrogens with zero attached hydrogens (tertiary/aromatic N) is 4. The maximum Gasteiger partial charge on any atom is 0.416 e. The second-order valence-electron chi connectivity index (χ2n) is 6.28. The van der Waals surface area contributed by atoms with Gasteiger partial charge in [0.2, 0.25) is 5.95 Å². The summed E-state index contributed by atoms with van der Waals surface area (Å²) in [6.07, 6.45) is -3.42. The number of nitrogens with two attached hydrogens (primary N) is 1. The number of likely N-dealkylation sites (N-methyl/N-ethyl adjacent to an activating group) is 1. The highest BCUT2D eigenvalue weighted by Gasteiger charge is 2.31. The van der Waals surface area contributed by atoms with Crippen LogP contribution in [0.5, 0.6) is 0 Å². The molecule has 0 aliphatic carbocycles. The molecule has 0 amide bonds. The number of anilines is 2. The molecule has 11 heteroatoms. The molecule has 0 bridgehead atoms. The summed E-state index contributed by atoms with van der Waals surface area (Å²) in [5.74, 6) is -0.587. The Morgan fingerprint density at radius 3 is 2.59 bits per heavy atom. The first kappa shape index (κ1) is 22.3. The van der Waals surface area contributed by atoms with Crippen LogP contribution in [0.15, 0.2) is 29.3 Å². The Bertz CT molecular complexity index is 1000. The first-order valence-corrected chi connectivity index (χ1v) is 9.84. The van der Waals surface area contributed by atoms with E-state index in [2.05, 4.69) is 9.97 Å². The molecule has 154 valence electrons. The van der Waals surface area contributed by atoms with Crippen molar-refractivity contribution in [3.8, 4) is 6.07 Å². The van der Waals surface area contributed by atoms with E-state index in [1.54, 1.807) is 0 Å². The summed E-state index contributed by atoms with van der Waals surface area (Å²) in [6.45, 7) is 1.53. The molecule has 0 saturated carbocycles. The van der Waals surface area contributed by atoms with Crippen molar-refractivity contribution < 1.29 is 22.2 Å². The van der Waals surface area contributed by atoms with Crippen LogP contribution in [0.1, 0.15) is 23.6 Å². The minimum absolute atomic E-state index is 0.0232. The van der Waals surface area contributed by atoms with Gasteiger partial charge < -0.3 is 10.6 Å². The van der Waals surface area contributed by atoms with E-state index >= 15 is 0 Å². The van der Waals surface area contributed by atoms with Crippen LogP contribution in [-0.4, -0.2) is 39.3 Å². The van der Waals surface area contributed by atoms with E-state index in [0.29, 0.717) is 0 Å². The predicted octanol–water partition coefficient (Wildman–Crippen LogP) is 2.32. The number of ketones is 1. The van der Waals surface area contributed by atoms with Gasteiger partial charge in [-0.1, -0.05) is 18.2 Å². The number of halogens is 3. The van der Waals surface area contributed by atoms with Crippen LogP contribution >= 0.6 is 0 Å². The molecule has 0 aliphatic rings. The van der Waals surface area contributed by atoms with Crippen LogP contribution in [0.25, 0.3) is 0 Å². The van der Waals surface area contributed by atoms with E-state index in [4.69, 9.17) is 5.73 Å². The molecule has 1 aromatic carbocycles. The first-order chi connectivity index (χ1) is 13.5. The van der Waals surface area contributed by atoms with Crippen molar-refractivity contribution in [1.82, 2.24) is 9.97 Å². The van der Waals surface area contributed by atoms with Gasteiger partial charge in [0.05, 0.1) is 22.4 Å². The van der Waals surface area contributed by atoms with E-state index in [1.807, 2.05) is 6.07 Å². The highest BCUT2D eigenvalue weighted by Crippen LogP contribution is 2.30. The van der Waals surface area contributed by atoms with Gasteiger partial charge in [-0.3, -0.25) is 9.00 Å². The van der Waals surface area contributed by atoms with Crippen LogP contribution in [0.2, 0.25) is 0 Å². The molecule has 0 fully saturated rings. The number of Topliss-reactive ketones (excluding diaryl/α,β-unsaturated/α-hetero) is 1. The van der Waals surface area contributed by atoms with Gasteiger partial charge in [-0.05, 0) is 18.6 Å². The third-order valence-electron chi connectivity index (χ3n) is 4.27. The number of nitriles is 1. The third-order valence-corrected chi connectivity index (χ3v) is 5.11. The lowest BCUT2D eigenvalue weighted by Gasteiger charge is -2.26. The summed E-state index contributed by atoms with van der Waals surface area (Å²) < 4.78 is 50.4. The lowest BCUT2D eigenvalue weighted by Crippen LogP contribution is -2.38. The molecular weight excluding hydrogens is 407 g/mol. The fourth-order valence-electron chi connectivity index (χ4n) is 2.61. The number of carbonyl (C=O) groups is 1. The van der Waals surface area contributed by atoms with Crippen LogP contribution in [0.4, 0.5) is 24.9 Å². The molecule has 2 atom stereocenters. The zero-order valence-corrected chi connectivity index (χ0v) is 16.6. The number of hydrogen-bond donors (Lipinski definition) is 1. The van der Waals surface area contributed by atoms with E-state index in [1.165, 1.54) is 37.3 Å². The molecule has 0 aliphatic heterocycles. The normalized spacial score (nSPS) is 13.4. The highest BCUT2D eigenvalue weighted by molar-refractivity contribution is 7.84. The predicted molar refractivity (Wildman–Crippen MR) is 102 cm³/mol. The van der Waals surface area contributed by atoms with Crippen molar-refractivity contribution in [3.63, 3.8) is 0 Å². The largest absolute Gasteiger partial charge is 0.416 e. The Morgan fingerprint density at radius 2 is 2.03 bits per heavy atom. The molecule has 0 saturated heterocycles. The Hall–Kier alpha value is -3.00. The summed E-state index contributed by atoms with van der Waals surface area (Å²) >= 11 is 0. The van der Waals surface area contributed by atoms with Gasteiger partial charge in [-0.2, -0.15) is 23.4 Å². The zero-order valence-electron chi connectivity index (χ0n) is 15.8. The smallest absolute Gasteiger partial charge is 0.368 e. The molecule has 2 N–H and O–H groups in total. The van der Waals surface area contributed by atoms with E-state index in [-0.39, 0.29) is 34.3 Å². The van der Waals surface area contributed by atoms with Gasteiger partial charge in [-0.15, -0.1) is 0 Å². The molecule has 2 rings (SSSR count). The summed E-state index contributed by atoms with van der Waals surface area (Å²) in [4.78, 5) is 21.8. The number of hydrogen-bond acceptors (Lipinski definition) is 7. The molecule has 1 heterocycles. The molecule has 0 radical (unpaired) electrons. The first-order valence-electron chi connectivity index (χ1n) is 8.28. The van der Waals surface area contributed by atoms with Gasteiger partial charge in [0.15, 0.2) is 16.6 Å². The van der Waals surface area contributed by atoms with Crippen molar-refractivity contribution in [2.45, 2.75) is 30.6 Å². The molecule has 0 spiro atoms. The fourth-order valence-corrected chi connectivity index (χ4v) is 3.26. The SMILES string of the molecule is C[C@@H](C(=O)Cc1cccc(C(F)(F)F)c1)N(C)c1nc(N)nc(S(C)=O)c1C#N. The minimum Gasteiger partial charge on any atom is -0.368 e. The molecule has 1 aromatic heterocycles. The average Bonchev–Trinajstić information content (AvgIpc) is 2.65. The van der Waals surface area contributed by atoms with Crippen LogP contribution < -0.4 is 10.6 Å².